The van der Waals surface area contributed by atoms with Crippen LogP contribution in [0.15, 0.2) is 12.1 Å². The Hall–Kier alpha value is -1.09. The first-order chi connectivity index (χ1) is 6.77. The normalized spacial score (nSPS) is 10.2. The summed E-state index contributed by atoms with van der Waals surface area (Å²) >= 11 is 0. The monoisotopic (exact) mass is 195 g/mol. The van der Waals surface area contributed by atoms with Crippen molar-refractivity contribution in [1.82, 2.24) is 4.98 Å². The van der Waals surface area contributed by atoms with Gasteiger partial charge in [-0.05, 0) is 25.5 Å². The van der Waals surface area contributed by atoms with Crippen LogP contribution in [0, 0.1) is 6.92 Å². The molecule has 0 bridgehead atoms. The molecule has 0 spiro atoms. The predicted molar refractivity (Wildman–Crippen MR) is 55.3 cm³/mol. The van der Waals surface area contributed by atoms with Gasteiger partial charge in [-0.25, -0.2) is 0 Å². The van der Waals surface area contributed by atoms with Gasteiger partial charge in [0.2, 0.25) is 0 Å². The Labute approximate surface area is 84.7 Å². The summed E-state index contributed by atoms with van der Waals surface area (Å²) in [6, 6.07) is 3.75. The maximum Gasteiger partial charge on any atom is 0.143 e. The number of aromatic nitrogens is 1. The first kappa shape index (κ1) is 11.0. The van der Waals surface area contributed by atoms with E-state index in [4.69, 9.17) is 9.84 Å². The zero-order valence-electron chi connectivity index (χ0n) is 8.79. The van der Waals surface area contributed by atoms with Gasteiger partial charge in [-0.1, -0.05) is 13.3 Å². The van der Waals surface area contributed by atoms with Gasteiger partial charge in [0.1, 0.15) is 11.4 Å². The molecule has 0 atom stereocenters. The zero-order chi connectivity index (χ0) is 10.4. The highest BCUT2D eigenvalue weighted by Gasteiger charge is 2.03. The van der Waals surface area contributed by atoms with Crippen LogP contribution in [0.25, 0.3) is 0 Å². The first-order valence-electron chi connectivity index (χ1n) is 4.98. The van der Waals surface area contributed by atoms with E-state index in [1.54, 1.807) is 0 Å². The molecule has 1 heterocycles. The van der Waals surface area contributed by atoms with Crippen LogP contribution < -0.4 is 4.74 Å². The minimum Gasteiger partial charge on any atom is -0.492 e. The minimum atomic E-state index is -0.0663. The summed E-state index contributed by atoms with van der Waals surface area (Å²) in [6.07, 6.45) is 2.13. The van der Waals surface area contributed by atoms with Crippen LogP contribution in [0.3, 0.4) is 0 Å². The van der Waals surface area contributed by atoms with Crippen molar-refractivity contribution in [2.45, 2.75) is 33.3 Å². The summed E-state index contributed by atoms with van der Waals surface area (Å²) in [4.78, 5) is 4.20. The molecule has 3 heteroatoms. The van der Waals surface area contributed by atoms with Crippen LogP contribution >= 0.6 is 0 Å². The summed E-state index contributed by atoms with van der Waals surface area (Å²) < 4.78 is 5.50. The van der Waals surface area contributed by atoms with Crippen molar-refractivity contribution in [3.63, 3.8) is 0 Å². The molecule has 0 aliphatic carbocycles. The summed E-state index contributed by atoms with van der Waals surface area (Å²) in [5.74, 6) is 0.701. The van der Waals surface area contributed by atoms with Crippen LogP contribution in [0.2, 0.25) is 0 Å². The number of aliphatic hydroxyl groups is 1. The molecule has 0 aliphatic rings. The Morgan fingerprint density at radius 1 is 1.43 bits per heavy atom. The van der Waals surface area contributed by atoms with Crippen LogP contribution in [0.1, 0.15) is 31.2 Å². The van der Waals surface area contributed by atoms with Crippen molar-refractivity contribution >= 4 is 0 Å². The molecule has 0 saturated carbocycles. The van der Waals surface area contributed by atoms with E-state index in [0.29, 0.717) is 18.1 Å². The number of nitrogens with zero attached hydrogens (tertiary/aromatic N) is 1. The van der Waals surface area contributed by atoms with E-state index >= 15 is 0 Å². The lowest BCUT2D eigenvalue weighted by Gasteiger charge is -2.09. The van der Waals surface area contributed by atoms with E-state index in [-0.39, 0.29) is 6.61 Å². The third-order valence-electron chi connectivity index (χ3n) is 1.98. The molecular formula is C11H17NO2. The average Bonchev–Trinajstić information content (AvgIpc) is 2.20. The van der Waals surface area contributed by atoms with Crippen molar-refractivity contribution < 1.29 is 9.84 Å². The van der Waals surface area contributed by atoms with E-state index < -0.39 is 0 Å². The predicted octanol–water partition coefficient (Wildman–Crippen LogP) is 2.06. The molecule has 0 aliphatic heterocycles. The van der Waals surface area contributed by atoms with Gasteiger partial charge in [-0.3, -0.25) is 4.98 Å². The van der Waals surface area contributed by atoms with Gasteiger partial charge >= 0.3 is 0 Å². The highest BCUT2D eigenvalue weighted by atomic mass is 16.5. The van der Waals surface area contributed by atoms with Crippen LogP contribution in [-0.2, 0) is 6.61 Å². The fourth-order valence-electron chi connectivity index (χ4n) is 1.17. The van der Waals surface area contributed by atoms with Crippen molar-refractivity contribution in [2.24, 2.45) is 0 Å². The third kappa shape index (κ3) is 3.00. The van der Waals surface area contributed by atoms with Crippen molar-refractivity contribution in [2.75, 3.05) is 6.61 Å². The highest BCUT2D eigenvalue weighted by molar-refractivity contribution is 5.28. The molecule has 1 aromatic rings. The summed E-state index contributed by atoms with van der Waals surface area (Å²) in [5.41, 5.74) is 1.53. The molecule has 1 rings (SSSR count). The summed E-state index contributed by atoms with van der Waals surface area (Å²) in [5, 5.41) is 9.06. The Balaban J connectivity index is 2.65. The number of hydrogen-bond acceptors (Lipinski definition) is 3. The lowest BCUT2D eigenvalue weighted by Crippen LogP contribution is -2.02. The number of unbranched alkanes of at least 4 members (excludes halogenated alkanes) is 1. The molecule has 0 amide bonds. The van der Waals surface area contributed by atoms with Gasteiger partial charge in [0.25, 0.3) is 0 Å². The van der Waals surface area contributed by atoms with Gasteiger partial charge in [0, 0.05) is 5.69 Å². The topological polar surface area (TPSA) is 42.4 Å². The number of aryl methyl sites for hydroxylation is 1. The number of rotatable bonds is 5. The second-order valence-corrected chi connectivity index (χ2v) is 3.26. The van der Waals surface area contributed by atoms with E-state index in [2.05, 4.69) is 11.9 Å². The highest BCUT2D eigenvalue weighted by Crippen LogP contribution is 2.17. The maximum absolute atomic E-state index is 9.06. The summed E-state index contributed by atoms with van der Waals surface area (Å²) in [6.45, 7) is 4.63. The number of aliphatic hydroxyl groups excluding tert-OH is 1. The Morgan fingerprint density at radius 2 is 2.21 bits per heavy atom. The van der Waals surface area contributed by atoms with E-state index in [9.17, 15) is 0 Å². The Kier molecular flexibility index (Phi) is 4.40. The lowest BCUT2D eigenvalue weighted by molar-refractivity contribution is 0.255. The Morgan fingerprint density at radius 3 is 2.86 bits per heavy atom. The SMILES string of the molecule is CCCCOc1ccc(C)nc1CO. The molecule has 1 aromatic heterocycles. The van der Waals surface area contributed by atoms with Gasteiger partial charge < -0.3 is 9.84 Å². The van der Waals surface area contributed by atoms with E-state index in [1.807, 2.05) is 19.1 Å². The van der Waals surface area contributed by atoms with Crippen LogP contribution in [0.5, 0.6) is 5.75 Å². The van der Waals surface area contributed by atoms with Crippen LogP contribution in [0.4, 0.5) is 0 Å². The summed E-state index contributed by atoms with van der Waals surface area (Å²) in [7, 11) is 0. The van der Waals surface area contributed by atoms with E-state index in [1.165, 1.54) is 0 Å². The quantitative estimate of drug-likeness (QED) is 0.731. The van der Waals surface area contributed by atoms with Gasteiger partial charge in [0.15, 0.2) is 0 Å². The standard InChI is InChI=1S/C11H17NO2/c1-3-4-7-14-11-6-5-9(2)12-10(11)8-13/h5-6,13H,3-4,7-8H2,1-2H3. The first-order valence-corrected chi connectivity index (χ1v) is 4.98. The minimum absolute atomic E-state index is 0.0663. The molecule has 1 N–H and O–H groups in total. The average molecular weight is 195 g/mol. The van der Waals surface area contributed by atoms with E-state index in [0.717, 1.165) is 18.5 Å². The molecule has 3 nitrogen and oxygen atoms in total. The fraction of sp³-hybridized carbons (Fsp3) is 0.545. The molecule has 0 saturated heterocycles. The van der Waals surface area contributed by atoms with Crippen molar-refractivity contribution in [3.8, 4) is 5.75 Å². The molecule has 0 aromatic carbocycles. The number of pyridine rings is 1. The zero-order valence-corrected chi connectivity index (χ0v) is 8.79. The van der Waals surface area contributed by atoms with Crippen molar-refractivity contribution in [3.05, 3.63) is 23.5 Å². The smallest absolute Gasteiger partial charge is 0.143 e. The second kappa shape index (κ2) is 5.60. The third-order valence-corrected chi connectivity index (χ3v) is 1.98. The molecule has 14 heavy (non-hydrogen) atoms. The number of hydrogen-bond donors (Lipinski definition) is 1. The molecular weight excluding hydrogens is 178 g/mol. The molecule has 0 fully saturated rings. The van der Waals surface area contributed by atoms with Gasteiger partial charge in [-0.15, -0.1) is 0 Å². The van der Waals surface area contributed by atoms with Crippen molar-refractivity contribution in [1.29, 1.82) is 0 Å². The Bertz CT molecular complexity index is 287. The fourth-order valence-corrected chi connectivity index (χ4v) is 1.17. The molecule has 0 unspecified atom stereocenters. The lowest BCUT2D eigenvalue weighted by atomic mass is 10.3. The maximum atomic E-state index is 9.06. The van der Waals surface area contributed by atoms with Gasteiger partial charge in [-0.2, -0.15) is 0 Å². The second-order valence-electron chi connectivity index (χ2n) is 3.26. The number of ether oxygens (including phenoxy) is 1. The molecule has 78 valence electrons. The van der Waals surface area contributed by atoms with Crippen LogP contribution in [-0.4, -0.2) is 16.7 Å². The van der Waals surface area contributed by atoms with Gasteiger partial charge in [0.05, 0.1) is 13.2 Å². The molecule has 0 radical (unpaired) electrons. The largest absolute Gasteiger partial charge is 0.492 e.